The molecule has 0 aliphatic carbocycles. The minimum absolute atomic E-state index is 0.340. The summed E-state index contributed by atoms with van der Waals surface area (Å²) in [5, 5.41) is 13.6. The third kappa shape index (κ3) is 8.15. The summed E-state index contributed by atoms with van der Waals surface area (Å²) in [5.74, 6) is 0. The number of anilines is 2. The summed E-state index contributed by atoms with van der Waals surface area (Å²) >= 11 is 0. The smallest absolute Gasteiger partial charge is 0.410 e. The maximum atomic E-state index is 12.0. The lowest BCUT2D eigenvalue weighted by molar-refractivity contribution is -0.0893. The lowest BCUT2D eigenvalue weighted by Crippen LogP contribution is -2.49. The van der Waals surface area contributed by atoms with E-state index in [1.807, 2.05) is 52.8 Å². The van der Waals surface area contributed by atoms with Crippen LogP contribution in [0.4, 0.5) is 16.2 Å². The van der Waals surface area contributed by atoms with Crippen LogP contribution in [0.25, 0.3) is 0 Å². The van der Waals surface area contributed by atoms with Gasteiger partial charge in [0.25, 0.3) is 0 Å². The van der Waals surface area contributed by atoms with E-state index in [4.69, 9.17) is 15.1 Å². The van der Waals surface area contributed by atoms with Gasteiger partial charge in [0.2, 0.25) is 0 Å². The predicted octanol–water partition coefficient (Wildman–Crippen LogP) is 2.75. The van der Waals surface area contributed by atoms with E-state index in [9.17, 15) is 9.90 Å². The standard InChI is InChI=1S/C21H37BN3O4/c1-19(2,3)28-18(26)25(8)14-10-13-24-17-15(11-9-12-16(17)23)22-29-21(6,7)20(4,5)27/h9,11-12,24,27H,10,13-14,23H2,1-8H3. The van der Waals surface area contributed by atoms with Gasteiger partial charge in [-0.25, -0.2) is 4.79 Å². The second-order valence-corrected chi connectivity index (χ2v) is 9.30. The minimum atomic E-state index is -1.01. The number of nitrogens with two attached hydrogens (primary N) is 1. The zero-order valence-electron chi connectivity index (χ0n) is 19.1. The van der Waals surface area contributed by atoms with E-state index in [1.165, 1.54) is 0 Å². The van der Waals surface area contributed by atoms with Gasteiger partial charge in [-0.05, 0) is 66.4 Å². The summed E-state index contributed by atoms with van der Waals surface area (Å²) in [6, 6.07) is 5.56. The molecule has 1 amide bonds. The normalized spacial score (nSPS) is 12.4. The average molecular weight is 406 g/mol. The number of rotatable bonds is 9. The molecule has 0 heterocycles. The highest BCUT2D eigenvalue weighted by atomic mass is 16.6. The third-order valence-electron chi connectivity index (χ3n) is 4.76. The molecule has 1 radical (unpaired) electrons. The van der Waals surface area contributed by atoms with Crippen LogP contribution in [-0.4, -0.2) is 60.5 Å². The SMILES string of the molecule is CN(CCCNc1c(N)cccc1[B]OC(C)(C)C(C)(C)O)C(=O)OC(C)(C)C. The average Bonchev–Trinajstić information content (AvgIpc) is 2.55. The van der Waals surface area contributed by atoms with Gasteiger partial charge in [-0.2, -0.15) is 0 Å². The molecule has 0 atom stereocenters. The molecule has 0 saturated carbocycles. The zero-order chi connectivity index (χ0) is 22.5. The van der Waals surface area contributed by atoms with Gasteiger partial charge < -0.3 is 30.4 Å². The van der Waals surface area contributed by atoms with Crippen LogP contribution in [-0.2, 0) is 9.39 Å². The second kappa shape index (κ2) is 9.72. The van der Waals surface area contributed by atoms with Crippen LogP contribution >= 0.6 is 0 Å². The van der Waals surface area contributed by atoms with Crippen molar-refractivity contribution in [2.75, 3.05) is 31.2 Å². The maximum absolute atomic E-state index is 12.0. The van der Waals surface area contributed by atoms with Crippen LogP contribution in [0, 0.1) is 0 Å². The van der Waals surface area contributed by atoms with Crippen LogP contribution in [0.1, 0.15) is 54.9 Å². The first-order chi connectivity index (χ1) is 13.1. The van der Waals surface area contributed by atoms with E-state index in [2.05, 4.69) is 5.32 Å². The highest BCUT2D eigenvalue weighted by Crippen LogP contribution is 2.25. The Morgan fingerprint density at radius 2 is 1.83 bits per heavy atom. The van der Waals surface area contributed by atoms with Crippen molar-refractivity contribution in [1.82, 2.24) is 4.90 Å². The number of para-hydroxylation sites is 1. The Morgan fingerprint density at radius 1 is 1.21 bits per heavy atom. The number of benzene rings is 1. The summed E-state index contributed by atoms with van der Waals surface area (Å²) in [6.07, 6.45) is 0.382. The molecule has 7 nitrogen and oxygen atoms in total. The van der Waals surface area contributed by atoms with E-state index in [0.717, 1.165) is 17.6 Å². The van der Waals surface area contributed by atoms with Gasteiger partial charge in [0.1, 0.15) is 5.60 Å². The number of ether oxygens (including phenoxy) is 1. The molecule has 4 N–H and O–H groups in total. The number of hydrogen-bond acceptors (Lipinski definition) is 6. The molecular formula is C21H37BN3O4. The number of hydrogen-bond donors (Lipinski definition) is 3. The Morgan fingerprint density at radius 3 is 2.38 bits per heavy atom. The van der Waals surface area contributed by atoms with Gasteiger partial charge >= 0.3 is 13.6 Å². The number of carbonyl (C=O) groups is 1. The van der Waals surface area contributed by atoms with Crippen molar-refractivity contribution in [3.63, 3.8) is 0 Å². The summed E-state index contributed by atoms with van der Waals surface area (Å²) < 4.78 is 11.2. The van der Waals surface area contributed by atoms with Crippen molar-refractivity contribution < 1.29 is 19.3 Å². The molecule has 0 aliphatic rings. The number of aliphatic hydroxyl groups is 1. The van der Waals surface area contributed by atoms with Gasteiger partial charge in [0, 0.05) is 20.1 Å². The van der Waals surface area contributed by atoms with Crippen LogP contribution < -0.4 is 16.5 Å². The van der Waals surface area contributed by atoms with Crippen LogP contribution in [0.5, 0.6) is 0 Å². The lowest BCUT2D eigenvalue weighted by Gasteiger charge is -2.37. The molecule has 0 unspecified atom stereocenters. The van der Waals surface area contributed by atoms with Gasteiger partial charge in [-0.15, -0.1) is 0 Å². The molecule has 0 saturated heterocycles. The van der Waals surface area contributed by atoms with Gasteiger partial charge in [0.05, 0.1) is 22.6 Å². The van der Waals surface area contributed by atoms with Crippen molar-refractivity contribution in [3.8, 4) is 0 Å². The van der Waals surface area contributed by atoms with Gasteiger partial charge in [-0.1, -0.05) is 12.1 Å². The Labute approximate surface area is 176 Å². The molecular weight excluding hydrogens is 369 g/mol. The Balaban J connectivity index is 2.64. The van der Waals surface area contributed by atoms with Gasteiger partial charge in [-0.3, -0.25) is 0 Å². The summed E-state index contributed by atoms with van der Waals surface area (Å²) in [6.45, 7) is 13.8. The van der Waals surface area contributed by atoms with Crippen molar-refractivity contribution in [1.29, 1.82) is 0 Å². The molecule has 0 fully saturated rings. The Hall–Kier alpha value is -1.93. The quantitative estimate of drug-likeness (QED) is 0.332. The van der Waals surface area contributed by atoms with Gasteiger partial charge in [0.15, 0.2) is 0 Å². The largest absolute Gasteiger partial charge is 0.444 e. The summed E-state index contributed by atoms with van der Waals surface area (Å²) in [7, 11) is 3.33. The van der Waals surface area contributed by atoms with E-state index in [1.54, 1.807) is 33.3 Å². The molecule has 8 heteroatoms. The minimum Gasteiger partial charge on any atom is -0.444 e. The number of carbonyl (C=O) groups excluding carboxylic acids is 1. The molecule has 163 valence electrons. The molecule has 0 aliphatic heterocycles. The maximum Gasteiger partial charge on any atom is 0.410 e. The Kier molecular flexibility index (Phi) is 8.41. The topological polar surface area (TPSA) is 97.0 Å². The molecule has 0 aromatic heterocycles. The molecule has 1 aromatic carbocycles. The number of nitrogens with one attached hydrogen (secondary N) is 1. The monoisotopic (exact) mass is 406 g/mol. The van der Waals surface area contributed by atoms with E-state index < -0.39 is 16.8 Å². The fraction of sp³-hybridized carbons (Fsp3) is 0.667. The van der Waals surface area contributed by atoms with Crippen molar-refractivity contribution >= 4 is 30.4 Å². The second-order valence-electron chi connectivity index (χ2n) is 9.30. The number of nitrogens with zero attached hydrogens (tertiary/aromatic N) is 1. The summed E-state index contributed by atoms with van der Waals surface area (Å²) in [4.78, 5) is 13.6. The van der Waals surface area contributed by atoms with Crippen molar-refractivity contribution in [2.45, 2.75) is 71.7 Å². The van der Waals surface area contributed by atoms with Crippen LogP contribution in [0.15, 0.2) is 18.2 Å². The van der Waals surface area contributed by atoms with Crippen LogP contribution in [0.2, 0.25) is 0 Å². The fourth-order valence-corrected chi connectivity index (χ4v) is 2.21. The highest BCUT2D eigenvalue weighted by Gasteiger charge is 2.36. The Bertz CT molecular complexity index is 681. The van der Waals surface area contributed by atoms with E-state index >= 15 is 0 Å². The highest BCUT2D eigenvalue weighted by molar-refractivity contribution is 6.50. The molecule has 0 bridgehead atoms. The van der Waals surface area contributed by atoms with Crippen molar-refractivity contribution in [3.05, 3.63) is 18.2 Å². The zero-order valence-corrected chi connectivity index (χ0v) is 19.1. The molecule has 0 spiro atoms. The fourth-order valence-electron chi connectivity index (χ4n) is 2.21. The van der Waals surface area contributed by atoms with E-state index in [0.29, 0.717) is 18.8 Å². The molecule has 29 heavy (non-hydrogen) atoms. The molecule has 1 aromatic rings. The van der Waals surface area contributed by atoms with Crippen molar-refractivity contribution in [2.24, 2.45) is 0 Å². The first kappa shape index (κ1) is 25.1. The number of amides is 1. The summed E-state index contributed by atoms with van der Waals surface area (Å²) in [5.41, 5.74) is 6.00. The van der Waals surface area contributed by atoms with E-state index in [-0.39, 0.29) is 6.09 Å². The third-order valence-corrected chi connectivity index (χ3v) is 4.76. The van der Waals surface area contributed by atoms with Crippen LogP contribution in [0.3, 0.4) is 0 Å². The first-order valence-corrected chi connectivity index (χ1v) is 9.94. The predicted molar refractivity (Wildman–Crippen MR) is 120 cm³/mol. The lowest BCUT2D eigenvalue weighted by atomic mass is 9.81. The first-order valence-electron chi connectivity index (χ1n) is 9.94. The molecule has 1 rings (SSSR count). The number of nitrogen functional groups attached to an aromatic ring is 1.